The fraction of sp³-hybridized carbons (Fsp3) is 0.278. The summed E-state index contributed by atoms with van der Waals surface area (Å²) < 4.78 is 0. The number of hydrogen-bond donors (Lipinski definition) is 2. The van der Waals surface area contributed by atoms with Crippen molar-refractivity contribution in [3.8, 4) is 0 Å². The van der Waals surface area contributed by atoms with E-state index in [0.717, 1.165) is 70.0 Å². The zero-order chi connectivity index (χ0) is 29.9. The van der Waals surface area contributed by atoms with Gasteiger partial charge in [0.15, 0.2) is 0 Å². The summed E-state index contributed by atoms with van der Waals surface area (Å²) in [4.78, 5) is 32.1. The number of fused-ring (bicyclic) bond motifs is 2. The van der Waals surface area contributed by atoms with E-state index in [2.05, 4.69) is 30.4 Å². The molecule has 1 fully saturated rings. The number of aromatic amines is 2. The van der Waals surface area contributed by atoms with Gasteiger partial charge in [0.05, 0.1) is 35.6 Å². The summed E-state index contributed by atoms with van der Waals surface area (Å²) in [5.74, 6) is 0.827. The molecule has 0 saturated heterocycles. The first-order valence-electron chi connectivity index (χ1n) is 15.4. The van der Waals surface area contributed by atoms with E-state index in [1.807, 2.05) is 85.2 Å². The lowest BCUT2D eigenvalue weighted by atomic mass is 9.78. The molecule has 0 unspecified atom stereocenters. The molecule has 6 aromatic rings. The van der Waals surface area contributed by atoms with Crippen LogP contribution in [-0.4, -0.2) is 41.9 Å². The molecule has 1 saturated carbocycles. The minimum Gasteiger partial charge on any atom is -0.361 e. The van der Waals surface area contributed by atoms with E-state index in [-0.39, 0.29) is 36.2 Å². The molecule has 8 nitrogen and oxygen atoms in total. The van der Waals surface area contributed by atoms with Crippen molar-refractivity contribution in [2.24, 2.45) is 0 Å². The van der Waals surface area contributed by atoms with Crippen molar-refractivity contribution >= 4 is 33.4 Å². The van der Waals surface area contributed by atoms with E-state index in [9.17, 15) is 9.59 Å². The molecule has 1 aliphatic rings. The highest BCUT2D eigenvalue weighted by atomic mass is 16.1. The number of rotatable bonds is 10. The predicted octanol–water partition coefficient (Wildman–Crippen LogP) is 6.38. The minimum atomic E-state index is 0.125. The van der Waals surface area contributed by atoms with Crippen molar-refractivity contribution in [2.75, 3.05) is 0 Å². The smallest absolute Gasteiger partial charge is 0.143 e. The van der Waals surface area contributed by atoms with Crippen LogP contribution in [0.2, 0.25) is 0 Å². The number of nitrogens with zero attached hydrogens (tertiary/aromatic N) is 4. The number of carbonyl (C=O) groups excluding carboxylic acids is 2. The number of carbonyl (C=O) groups is 2. The second-order valence-electron chi connectivity index (χ2n) is 12.0. The zero-order valence-corrected chi connectivity index (χ0v) is 24.5. The van der Waals surface area contributed by atoms with Crippen LogP contribution in [-0.2, 0) is 35.3 Å². The first-order valence-corrected chi connectivity index (χ1v) is 15.4. The molecule has 1 aliphatic carbocycles. The Morgan fingerprint density at radius 2 is 1.09 bits per heavy atom. The Kier molecular flexibility index (Phi) is 7.80. The number of H-pyrrole nitrogens is 2. The monoisotopic (exact) mass is 582 g/mol. The molecule has 0 radical (unpaired) electrons. The Balaban J connectivity index is 0.937. The Morgan fingerprint density at radius 3 is 1.55 bits per heavy atom. The lowest BCUT2D eigenvalue weighted by molar-refractivity contribution is -0.118. The average molecular weight is 583 g/mol. The number of hydrogen-bond acceptors (Lipinski definition) is 6. The summed E-state index contributed by atoms with van der Waals surface area (Å²) in [5.41, 5.74) is 7.48. The standard InChI is InChI=1S/C36H34N6O2/c43-29(19-23-4-2-8-35-31(23)14-16-37-35)21-27-10-12-33(41-39-27)25-6-1-7-26(18-25)34-13-11-28(40-42-34)22-30(44)20-24-5-3-9-36-32(24)15-17-38-36/h2-5,8-17,25-26,37-38H,1,6-7,18-22H2/t25-,26-/m1/s1. The lowest BCUT2D eigenvalue weighted by Gasteiger charge is -2.28. The second kappa shape index (κ2) is 12.3. The molecule has 0 spiro atoms. The van der Waals surface area contributed by atoms with Crippen molar-refractivity contribution in [2.45, 2.75) is 63.2 Å². The van der Waals surface area contributed by atoms with E-state index < -0.39 is 0 Å². The Labute approximate surface area is 255 Å². The van der Waals surface area contributed by atoms with Crippen LogP contribution in [0.25, 0.3) is 21.8 Å². The second-order valence-corrected chi connectivity index (χ2v) is 12.0. The van der Waals surface area contributed by atoms with Gasteiger partial charge in [-0.05, 0) is 78.9 Å². The summed E-state index contributed by atoms with van der Waals surface area (Å²) >= 11 is 0. The fourth-order valence-corrected chi connectivity index (χ4v) is 6.65. The molecule has 4 heterocycles. The van der Waals surface area contributed by atoms with E-state index >= 15 is 0 Å². The van der Waals surface area contributed by atoms with E-state index in [1.165, 1.54) is 0 Å². The minimum absolute atomic E-state index is 0.125. The lowest BCUT2D eigenvalue weighted by Crippen LogP contribution is -2.17. The topological polar surface area (TPSA) is 117 Å². The average Bonchev–Trinajstić information content (AvgIpc) is 3.73. The molecule has 2 atom stereocenters. The summed E-state index contributed by atoms with van der Waals surface area (Å²) in [6, 6.07) is 24.0. The van der Waals surface area contributed by atoms with Crippen LogP contribution in [0.4, 0.5) is 0 Å². The predicted molar refractivity (Wildman–Crippen MR) is 169 cm³/mol. The number of benzene rings is 2. The van der Waals surface area contributed by atoms with Gasteiger partial charge in [0.25, 0.3) is 0 Å². The molecular formula is C36H34N6O2. The van der Waals surface area contributed by atoms with Crippen LogP contribution in [0.15, 0.2) is 85.2 Å². The summed E-state index contributed by atoms with van der Waals surface area (Å²) in [5, 5.41) is 20.1. The van der Waals surface area contributed by atoms with Gasteiger partial charge in [0.2, 0.25) is 0 Å². The third-order valence-electron chi connectivity index (χ3n) is 8.89. The quantitative estimate of drug-likeness (QED) is 0.194. The molecule has 0 amide bonds. The molecule has 7 rings (SSSR count). The van der Waals surface area contributed by atoms with Gasteiger partial charge >= 0.3 is 0 Å². The van der Waals surface area contributed by atoms with Gasteiger partial charge in [-0.3, -0.25) is 9.59 Å². The van der Waals surface area contributed by atoms with Crippen molar-refractivity contribution in [1.29, 1.82) is 0 Å². The summed E-state index contributed by atoms with van der Waals surface area (Å²) in [6.45, 7) is 0. The van der Waals surface area contributed by atoms with Crippen LogP contribution in [0.3, 0.4) is 0 Å². The van der Waals surface area contributed by atoms with Crippen molar-refractivity contribution < 1.29 is 9.59 Å². The van der Waals surface area contributed by atoms with Crippen LogP contribution >= 0.6 is 0 Å². The molecule has 44 heavy (non-hydrogen) atoms. The number of nitrogens with one attached hydrogen (secondary N) is 2. The molecule has 2 aromatic carbocycles. The fourth-order valence-electron chi connectivity index (χ4n) is 6.65. The maximum atomic E-state index is 12.8. The van der Waals surface area contributed by atoms with Gasteiger partial charge in [0.1, 0.15) is 11.6 Å². The van der Waals surface area contributed by atoms with Gasteiger partial charge in [0, 0.05) is 58.9 Å². The largest absolute Gasteiger partial charge is 0.361 e. The number of Topliss-reactive ketones (excluding diaryl/α,β-unsaturated/α-hetero) is 2. The highest BCUT2D eigenvalue weighted by Crippen LogP contribution is 2.39. The van der Waals surface area contributed by atoms with E-state index in [0.29, 0.717) is 24.2 Å². The number of aromatic nitrogens is 6. The van der Waals surface area contributed by atoms with Crippen LogP contribution < -0.4 is 0 Å². The molecule has 2 N–H and O–H groups in total. The first kappa shape index (κ1) is 27.8. The van der Waals surface area contributed by atoms with Crippen LogP contribution in [0, 0.1) is 0 Å². The Bertz CT molecular complexity index is 1780. The number of ketones is 2. The highest BCUT2D eigenvalue weighted by molar-refractivity contribution is 5.91. The van der Waals surface area contributed by atoms with Crippen LogP contribution in [0.5, 0.6) is 0 Å². The van der Waals surface area contributed by atoms with Gasteiger partial charge < -0.3 is 9.97 Å². The van der Waals surface area contributed by atoms with Gasteiger partial charge in [-0.2, -0.15) is 20.4 Å². The SMILES string of the molecule is O=C(Cc1ccc([C@@H]2CCC[C@@H](c3ccc(CC(=O)Cc4cccc5[nH]ccc45)nn3)C2)nn1)Cc1cccc2[nH]ccc12. The summed E-state index contributed by atoms with van der Waals surface area (Å²) in [7, 11) is 0. The van der Waals surface area contributed by atoms with Crippen molar-refractivity contribution in [1.82, 2.24) is 30.4 Å². The Morgan fingerprint density at radius 1 is 0.591 bits per heavy atom. The molecule has 0 aliphatic heterocycles. The van der Waals surface area contributed by atoms with Gasteiger partial charge in [-0.15, -0.1) is 0 Å². The van der Waals surface area contributed by atoms with Gasteiger partial charge in [-0.25, -0.2) is 0 Å². The molecule has 4 aromatic heterocycles. The van der Waals surface area contributed by atoms with E-state index in [1.54, 1.807) is 0 Å². The van der Waals surface area contributed by atoms with Crippen molar-refractivity contribution in [3.63, 3.8) is 0 Å². The van der Waals surface area contributed by atoms with Gasteiger partial charge in [-0.1, -0.05) is 30.7 Å². The first-order chi connectivity index (χ1) is 21.6. The molecular weight excluding hydrogens is 548 g/mol. The molecule has 0 bridgehead atoms. The normalized spacial score (nSPS) is 16.8. The van der Waals surface area contributed by atoms with Crippen LogP contribution in [0.1, 0.15) is 71.4 Å². The third kappa shape index (κ3) is 6.06. The Hall–Kier alpha value is -4.98. The summed E-state index contributed by atoms with van der Waals surface area (Å²) in [6.07, 6.45) is 9.21. The third-order valence-corrected chi connectivity index (χ3v) is 8.89. The van der Waals surface area contributed by atoms with Crippen molar-refractivity contribution in [3.05, 3.63) is 119 Å². The molecule has 8 heteroatoms. The highest BCUT2D eigenvalue weighted by Gasteiger charge is 2.27. The molecule has 220 valence electrons. The van der Waals surface area contributed by atoms with E-state index in [4.69, 9.17) is 0 Å². The maximum Gasteiger partial charge on any atom is 0.143 e. The maximum absolute atomic E-state index is 12.8. The zero-order valence-electron chi connectivity index (χ0n) is 24.5.